The quantitative estimate of drug-likeness (QED) is 0.704. The monoisotopic (exact) mass is 324 g/mol. The van der Waals surface area contributed by atoms with E-state index in [-0.39, 0.29) is 0 Å². The highest BCUT2D eigenvalue weighted by Gasteiger charge is 2.17. The van der Waals surface area contributed by atoms with Gasteiger partial charge in [-0.3, -0.25) is 0 Å². The summed E-state index contributed by atoms with van der Waals surface area (Å²) in [6.45, 7) is 0. The highest BCUT2D eigenvalue weighted by atomic mass is 32.2. The Morgan fingerprint density at radius 2 is 1.96 bits per heavy atom. The van der Waals surface area contributed by atoms with E-state index >= 15 is 0 Å². The lowest BCUT2D eigenvalue weighted by Gasteiger charge is -2.11. The summed E-state index contributed by atoms with van der Waals surface area (Å²) < 4.78 is 10.8. The molecule has 0 aliphatic heterocycles. The number of fused-ring (bicyclic) bond motifs is 1. The third kappa shape index (κ3) is 2.86. The summed E-state index contributed by atoms with van der Waals surface area (Å²) in [6.07, 6.45) is 0. The molecule has 0 spiro atoms. The first-order valence-corrected chi connectivity index (χ1v) is 8.10. The molecule has 0 fully saturated rings. The maximum atomic E-state index is 8.95. The summed E-state index contributed by atoms with van der Waals surface area (Å²) in [7, 11) is 3.27. The molecule has 23 heavy (non-hydrogen) atoms. The van der Waals surface area contributed by atoms with Gasteiger partial charge in [0.2, 0.25) is 0 Å². The first-order valence-electron chi connectivity index (χ1n) is 7.11. The lowest BCUT2D eigenvalue weighted by Crippen LogP contribution is -1.91. The Morgan fingerprint density at radius 1 is 1.13 bits per heavy atom. The second kappa shape index (κ2) is 6.67. The van der Waals surface area contributed by atoms with E-state index in [1.165, 1.54) is 11.8 Å². The normalized spacial score (nSPS) is 10.5. The summed E-state index contributed by atoms with van der Waals surface area (Å²) in [6, 6.07) is 16.0. The number of ether oxygens (including phenoxy) is 2. The minimum absolute atomic E-state index is 0.396. The van der Waals surface area contributed by atoms with Gasteiger partial charge in [-0.15, -0.1) is 11.8 Å². The molecule has 1 aromatic heterocycles. The van der Waals surface area contributed by atoms with Crippen LogP contribution < -0.4 is 9.47 Å². The van der Waals surface area contributed by atoms with E-state index in [0.717, 1.165) is 38.6 Å². The van der Waals surface area contributed by atoms with Gasteiger partial charge in [0, 0.05) is 27.4 Å². The van der Waals surface area contributed by atoms with Crippen LogP contribution in [0.5, 0.6) is 11.5 Å². The van der Waals surface area contributed by atoms with E-state index in [1.807, 2.05) is 36.4 Å². The van der Waals surface area contributed by atoms with Crippen LogP contribution in [0.2, 0.25) is 0 Å². The van der Waals surface area contributed by atoms with Gasteiger partial charge in [0.25, 0.3) is 0 Å². The van der Waals surface area contributed by atoms with Gasteiger partial charge in [0.1, 0.15) is 11.5 Å². The number of thioether (sulfide) groups is 1. The number of nitrogens with zero attached hydrogens (tertiary/aromatic N) is 1. The van der Waals surface area contributed by atoms with Crippen molar-refractivity contribution in [1.29, 1.82) is 5.26 Å². The van der Waals surface area contributed by atoms with E-state index < -0.39 is 0 Å². The zero-order valence-corrected chi connectivity index (χ0v) is 13.7. The molecule has 0 radical (unpaired) electrons. The predicted molar refractivity (Wildman–Crippen MR) is 93.2 cm³/mol. The molecule has 0 amide bonds. The molecule has 0 aliphatic rings. The average Bonchev–Trinajstić information content (AvgIpc) is 2.97. The summed E-state index contributed by atoms with van der Waals surface area (Å²) in [5.74, 6) is 1.87. The molecular weight excluding hydrogens is 308 g/mol. The van der Waals surface area contributed by atoms with Crippen molar-refractivity contribution in [3.63, 3.8) is 0 Å². The fourth-order valence-electron chi connectivity index (χ4n) is 2.57. The number of H-pyrrole nitrogens is 1. The number of rotatable bonds is 5. The van der Waals surface area contributed by atoms with E-state index in [2.05, 4.69) is 17.1 Å². The first kappa shape index (κ1) is 15.3. The highest BCUT2D eigenvalue weighted by Crippen LogP contribution is 2.41. The number of para-hydroxylation sites is 1. The van der Waals surface area contributed by atoms with Crippen molar-refractivity contribution in [2.75, 3.05) is 20.0 Å². The van der Waals surface area contributed by atoms with Crippen LogP contribution in [0, 0.1) is 11.3 Å². The lowest BCUT2D eigenvalue weighted by atomic mass is 10.1. The van der Waals surface area contributed by atoms with Crippen LogP contribution in [-0.2, 0) is 0 Å². The minimum atomic E-state index is 0.396. The number of nitrogens with one attached hydrogen (secondary N) is 1. The number of nitriles is 1. The Kier molecular flexibility index (Phi) is 4.45. The number of aromatic nitrogens is 1. The highest BCUT2D eigenvalue weighted by molar-refractivity contribution is 7.99. The van der Waals surface area contributed by atoms with Crippen molar-refractivity contribution in [3.05, 3.63) is 42.5 Å². The molecule has 5 heteroatoms. The van der Waals surface area contributed by atoms with Crippen LogP contribution in [0.15, 0.2) is 47.4 Å². The van der Waals surface area contributed by atoms with Crippen molar-refractivity contribution < 1.29 is 9.47 Å². The fourth-order valence-corrected chi connectivity index (χ4v) is 3.41. The number of aromatic amines is 1. The van der Waals surface area contributed by atoms with Crippen molar-refractivity contribution in [2.45, 2.75) is 4.90 Å². The van der Waals surface area contributed by atoms with E-state index in [1.54, 1.807) is 14.2 Å². The minimum Gasteiger partial charge on any atom is -0.497 e. The standard InChI is InChI=1S/C18H16N2O2S/c1-21-12-7-8-14(16(11-12)22-2)17-18(23-10-9-19)13-5-3-4-6-15(13)20-17/h3-8,11,20H,10H2,1-2H3. The molecule has 0 unspecified atom stereocenters. The summed E-state index contributed by atoms with van der Waals surface area (Å²) in [4.78, 5) is 4.51. The molecule has 0 saturated heterocycles. The van der Waals surface area contributed by atoms with Crippen LogP contribution >= 0.6 is 11.8 Å². The molecule has 0 aliphatic carbocycles. The van der Waals surface area contributed by atoms with Crippen LogP contribution in [-0.4, -0.2) is 25.0 Å². The molecule has 0 atom stereocenters. The van der Waals surface area contributed by atoms with E-state index in [9.17, 15) is 0 Å². The lowest BCUT2D eigenvalue weighted by molar-refractivity contribution is 0.395. The third-order valence-corrected chi connectivity index (χ3v) is 4.60. The molecule has 3 rings (SSSR count). The van der Waals surface area contributed by atoms with Crippen LogP contribution in [0.1, 0.15) is 0 Å². The van der Waals surface area contributed by atoms with Crippen molar-refractivity contribution in [3.8, 4) is 28.8 Å². The number of benzene rings is 2. The molecular formula is C18H16N2O2S. The number of hydrogen-bond donors (Lipinski definition) is 1. The smallest absolute Gasteiger partial charge is 0.131 e. The molecule has 4 nitrogen and oxygen atoms in total. The Morgan fingerprint density at radius 3 is 2.70 bits per heavy atom. The van der Waals surface area contributed by atoms with Gasteiger partial charge in [-0.25, -0.2) is 0 Å². The van der Waals surface area contributed by atoms with Gasteiger partial charge in [-0.05, 0) is 18.2 Å². The molecule has 1 N–H and O–H groups in total. The van der Waals surface area contributed by atoms with Gasteiger partial charge in [0.15, 0.2) is 0 Å². The molecule has 116 valence electrons. The summed E-state index contributed by atoms with van der Waals surface area (Å²) in [5.41, 5.74) is 2.96. The topological polar surface area (TPSA) is 58.0 Å². The Labute approximate surface area is 139 Å². The Hall–Kier alpha value is -2.58. The number of methoxy groups -OCH3 is 2. The fraction of sp³-hybridized carbons (Fsp3) is 0.167. The first-order chi connectivity index (χ1) is 11.3. The molecule has 0 saturated carbocycles. The maximum Gasteiger partial charge on any atom is 0.131 e. The van der Waals surface area contributed by atoms with Crippen molar-refractivity contribution in [1.82, 2.24) is 4.98 Å². The third-order valence-electron chi connectivity index (χ3n) is 3.62. The Bertz CT molecular complexity index is 880. The van der Waals surface area contributed by atoms with Gasteiger partial charge in [-0.2, -0.15) is 5.26 Å². The SMILES string of the molecule is COc1ccc(-c2[nH]c3ccccc3c2SCC#N)c(OC)c1. The molecule has 1 heterocycles. The van der Waals surface area contributed by atoms with Crippen LogP contribution in [0.3, 0.4) is 0 Å². The van der Waals surface area contributed by atoms with Gasteiger partial charge in [-0.1, -0.05) is 18.2 Å². The van der Waals surface area contributed by atoms with Crippen LogP contribution in [0.4, 0.5) is 0 Å². The molecule has 0 bridgehead atoms. The largest absolute Gasteiger partial charge is 0.497 e. The zero-order chi connectivity index (χ0) is 16.2. The summed E-state index contributed by atoms with van der Waals surface area (Å²) in [5, 5.41) is 10.1. The second-order valence-corrected chi connectivity index (χ2v) is 5.87. The summed E-state index contributed by atoms with van der Waals surface area (Å²) >= 11 is 1.53. The van der Waals surface area contributed by atoms with E-state index in [0.29, 0.717) is 5.75 Å². The van der Waals surface area contributed by atoms with E-state index in [4.69, 9.17) is 14.7 Å². The van der Waals surface area contributed by atoms with Gasteiger partial charge in [0.05, 0.1) is 31.7 Å². The predicted octanol–water partition coefficient (Wildman–Crippen LogP) is 4.47. The molecule has 2 aromatic carbocycles. The Balaban J connectivity index is 2.21. The van der Waals surface area contributed by atoms with Crippen molar-refractivity contribution in [2.24, 2.45) is 0 Å². The maximum absolute atomic E-state index is 8.95. The average molecular weight is 324 g/mol. The second-order valence-electron chi connectivity index (χ2n) is 4.89. The van der Waals surface area contributed by atoms with Gasteiger partial charge < -0.3 is 14.5 Å². The van der Waals surface area contributed by atoms with Crippen LogP contribution in [0.25, 0.3) is 22.2 Å². The molecule has 3 aromatic rings. The van der Waals surface area contributed by atoms with Crippen molar-refractivity contribution >= 4 is 22.7 Å². The van der Waals surface area contributed by atoms with Gasteiger partial charge >= 0.3 is 0 Å². The number of hydrogen-bond acceptors (Lipinski definition) is 4. The zero-order valence-electron chi connectivity index (χ0n) is 12.9.